The molecule has 5 heteroatoms. The summed E-state index contributed by atoms with van der Waals surface area (Å²) < 4.78 is 0. The van der Waals surface area contributed by atoms with Crippen molar-refractivity contribution in [2.75, 3.05) is 18.0 Å². The lowest BCUT2D eigenvalue weighted by Gasteiger charge is -2.03. The minimum absolute atomic E-state index is 0.122. The van der Waals surface area contributed by atoms with E-state index in [2.05, 4.69) is 16.2 Å². The standard InChI is InChI=1S/C10H11N3OS/c1-2-5-12-9(14)7-15-10-8(11)4-3-6-13-10/h1,3-4,6H,5,7,11H2,(H,12,14). The number of aromatic nitrogens is 1. The van der Waals surface area contributed by atoms with Crippen LogP contribution in [0.1, 0.15) is 0 Å². The number of pyridine rings is 1. The normalized spacial score (nSPS) is 9.27. The zero-order chi connectivity index (χ0) is 11.1. The molecule has 0 atom stereocenters. The fourth-order valence-corrected chi connectivity index (χ4v) is 1.60. The van der Waals surface area contributed by atoms with Crippen LogP contribution in [0.25, 0.3) is 0 Å². The monoisotopic (exact) mass is 221 g/mol. The van der Waals surface area contributed by atoms with E-state index in [1.165, 1.54) is 11.8 Å². The Balaban J connectivity index is 2.41. The molecule has 0 saturated carbocycles. The second kappa shape index (κ2) is 5.94. The Kier molecular flexibility index (Phi) is 4.51. The summed E-state index contributed by atoms with van der Waals surface area (Å²) in [6, 6.07) is 3.49. The van der Waals surface area contributed by atoms with Gasteiger partial charge in [-0.15, -0.1) is 6.42 Å². The molecule has 0 unspecified atom stereocenters. The SMILES string of the molecule is C#CCNC(=O)CSc1ncccc1N. The van der Waals surface area contributed by atoms with Crippen molar-refractivity contribution in [3.05, 3.63) is 18.3 Å². The fraction of sp³-hybridized carbons (Fsp3) is 0.200. The van der Waals surface area contributed by atoms with Crippen molar-refractivity contribution in [1.82, 2.24) is 10.3 Å². The lowest BCUT2D eigenvalue weighted by molar-refractivity contribution is -0.118. The third-order valence-corrected chi connectivity index (χ3v) is 2.55. The molecule has 1 amide bonds. The van der Waals surface area contributed by atoms with Crippen LogP contribution in [-0.2, 0) is 4.79 Å². The van der Waals surface area contributed by atoms with Gasteiger partial charge in [-0.2, -0.15) is 0 Å². The predicted octanol–water partition coefficient (Wildman–Crippen LogP) is 0.505. The van der Waals surface area contributed by atoms with Crippen LogP contribution in [0, 0.1) is 12.3 Å². The first-order valence-corrected chi connectivity index (χ1v) is 5.26. The second-order valence-corrected chi connectivity index (χ2v) is 3.63. The number of anilines is 1. The van der Waals surface area contributed by atoms with Crippen LogP contribution in [0.3, 0.4) is 0 Å². The molecule has 1 rings (SSSR count). The first kappa shape index (κ1) is 11.4. The van der Waals surface area contributed by atoms with Crippen molar-refractivity contribution < 1.29 is 4.79 Å². The van der Waals surface area contributed by atoms with E-state index >= 15 is 0 Å². The highest BCUT2D eigenvalue weighted by atomic mass is 32.2. The van der Waals surface area contributed by atoms with E-state index in [1.807, 2.05) is 0 Å². The summed E-state index contributed by atoms with van der Waals surface area (Å²) in [7, 11) is 0. The topological polar surface area (TPSA) is 68.0 Å². The maximum atomic E-state index is 11.2. The van der Waals surface area contributed by atoms with E-state index in [4.69, 9.17) is 12.2 Å². The zero-order valence-corrected chi connectivity index (χ0v) is 8.88. The summed E-state index contributed by atoms with van der Waals surface area (Å²) in [4.78, 5) is 15.2. The van der Waals surface area contributed by atoms with Crippen molar-refractivity contribution >= 4 is 23.4 Å². The molecule has 0 radical (unpaired) electrons. The molecule has 4 nitrogen and oxygen atoms in total. The second-order valence-electron chi connectivity index (χ2n) is 2.67. The van der Waals surface area contributed by atoms with Crippen molar-refractivity contribution in [3.8, 4) is 12.3 Å². The molecule has 3 N–H and O–H groups in total. The quantitative estimate of drug-likeness (QED) is 0.574. The predicted molar refractivity (Wildman–Crippen MR) is 61.2 cm³/mol. The first-order valence-electron chi connectivity index (χ1n) is 4.27. The smallest absolute Gasteiger partial charge is 0.231 e. The Morgan fingerprint density at radius 2 is 2.53 bits per heavy atom. The largest absolute Gasteiger partial charge is 0.397 e. The first-order chi connectivity index (χ1) is 7.24. The van der Waals surface area contributed by atoms with E-state index in [-0.39, 0.29) is 18.2 Å². The van der Waals surface area contributed by atoms with Crippen LogP contribution >= 0.6 is 11.8 Å². The fourth-order valence-electron chi connectivity index (χ4n) is 0.858. The summed E-state index contributed by atoms with van der Waals surface area (Å²) in [6.45, 7) is 0.247. The number of nitrogens with two attached hydrogens (primary N) is 1. The summed E-state index contributed by atoms with van der Waals surface area (Å²) in [6.07, 6.45) is 6.64. The minimum Gasteiger partial charge on any atom is -0.397 e. The van der Waals surface area contributed by atoms with Crippen molar-refractivity contribution in [2.24, 2.45) is 0 Å². The van der Waals surface area contributed by atoms with Gasteiger partial charge < -0.3 is 11.1 Å². The molecule has 0 aliphatic carbocycles. The van der Waals surface area contributed by atoms with Crippen LogP contribution in [0.5, 0.6) is 0 Å². The number of terminal acetylenes is 1. The number of carbonyl (C=O) groups is 1. The molecule has 0 fully saturated rings. The van der Waals surface area contributed by atoms with E-state index in [1.54, 1.807) is 18.3 Å². The van der Waals surface area contributed by atoms with Crippen molar-refractivity contribution in [3.63, 3.8) is 0 Å². The van der Waals surface area contributed by atoms with Gasteiger partial charge in [0.05, 0.1) is 18.0 Å². The molecule has 0 aliphatic rings. The zero-order valence-electron chi connectivity index (χ0n) is 8.06. The van der Waals surface area contributed by atoms with Crippen LogP contribution in [0.15, 0.2) is 23.4 Å². The lowest BCUT2D eigenvalue weighted by atomic mass is 10.4. The molecule has 0 saturated heterocycles. The van der Waals surface area contributed by atoms with Gasteiger partial charge in [0.15, 0.2) is 0 Å². The number of thioether (sulfide) groups is 1. The van der Waals surface area contributed by atoms with Gasteiger partial charge in [0.25, 0.3) is 0 Å². The summed E-state index contributed by atoms with van der Waals surface area (Å²) in [5.41, 5.74) is 6.24. The maximum absolute atomic E-state index is 11.2. The van der Waals surface area contributed by atoms with Gasteiger partial charge in [-0.3, -0.25) is 4.79 Å². The van der Waals surface area contributed by atoms with Gasteiger partial charge in [0.2, 0.25) is 5.91 Å². The Morgan fingerprint density at radius 3 is 3.20 bits per heavy atom. The maximum Gasteiger partial charge on any atom is 0.231 e. The highest BCUT2D eigenvalue weighted by Crippen LogP contribution is 2.20. The summed E-state index contributed by atoms with van der Waals surface area (Å²) in [5.74, 6) is 2.47. The summed E-state index contributed by atoms with van der Waals surface area (Å²) >= 11 is 1.29. The average molecular weight is 221 g/mol. The molecule has 1 aromatic rings. The van der Waals surface area contributed by atoms with Gasteiger partial charge in [0, 0.05) is 6.20 Å². The van der Waals surface area contributed by atoms with Crippen molar-refractivity contribution in [2.45, 2.75) is 5.03 Å². The van der Waals surface area contributed by atoms with E-state index < -0.39 is 0 Å². The third kappa shape index (κ3) is 3.92. The average Bonchev–Trinajstić information content (AvgIpc) is 2.25. The number of hydrogen-bond acceptors (Lipinski definition) is 4. The van der Waals surface area contributed by atoms with Crippen molar-refractivity contribution in [1.29, 1.82) is 0 Å². The molecular formula is C10H11N3OS. The number of nitrogen functional groups attached to an aromatic ring is 1. The number of nitrogens with one attached hydrogen (secondary N) is 1. The number of rotatable bonds is 4. The lowest BCUT2D eigenvalue weighted by Crippen LogP contribution is -2.25. The summed E-state index contributed by atoms with van der Waals surface area (Å²) in [5, 5.41) is 3.22. The van der Waals surface area contributed by atoms with Crippen LogP contribution < -0.4 is 11.1 Å². The molecule has 0 aliphatic heterocycles. The van der Waals surface area contributed by atoms with Gasteiger partial charge in [0.1, 0.15) is 5.03 Å². The number of amides is 1. The number of carbonyl (C=O) groups excluding carboxylic acids is 1. The van der Waals surface area contributed by atoms with E-state index in [0.717, 1.165) is 0 Å². The Bertz CT molecular complexity index is 386. The Hall–Kier alpha value is -1.67. The van der Waals surface area contributed by atoms with Gasteiger partial charge >= 0.3 is 0 Å². The molecule has 15 heavy (non-hydrogen) atoms. The molecule has 0 spiro atoms. The van der Waals surface area contributed by atoms with Crippen LogP contribution in [-0.4, -0.2) is 23.2 Å². The third-order valence-electron chi connectivity index (χ3n) is 1.53. The van der Waals surface area contributed by atoms with Gasteiger partial charge in [-0.05, 0) is 12.1 Å². The van der Waals surface area contributed by atoms with Crippen LogP contribution in [0.2, 0.25) is 0 Å². The van der Waals surface area contributed by atoms with Crippen LogP contribution in [0.4, 0.5) is 5.69 Å². The van der Waals surface area contributed by atoms with E-state index in [9.17, 15) is 4.79 Å². The number of hydrogen-bond donors (Lipinski definition) is 2. The Morgan fingerprint density at radius 1 is 1.73 bits per heavy atom. The molecule has 0 bridgehead atoms. The molecule has 1 aromatic heterocycles. The van der Waals surface area contributed by atoms with Gasteiger partial charge in [-0.1, -0.05) is 17.7 Å². The molecule has 78 valence electrons. The van der Waals surface area contributed by atoms with Gasteiger partial charge in [-0.25, -0.2) is 4.98 Å². The highest BCUT2D eigenvalue weighted by molar-refractivity contribution is 8.00. The van der Waals surface area contributed by atoms with E-state index in [0.29, 0.717) is 10.7 Å². The highest BCUT2D eigenvalue weighted by Gasteiger charge is 2.04. The minimum atomic E-state index is -0.122. The Labute approximate surface area is 92.6 Å². The number of nitrogens with zero attached hydrogens (tertiary/aromatic N) is 1. The molecule has 0 aromatic carbocycles. The molecular weight excluding hydrogens is 210 g/mol. The molecule has 1 heterocycles.